The first kappa shape index (κ1) is 27.4. The van der Waals surface area contributed by atoms with Gasteiger partial charge in [-0.1, -0.05) is 54.6 Å². The lowest BCUT2D eigenvalue weighted by molar-refractivity contribution is 0.185. The van der Waals surface area contributed by atoms with Gasteiger partial charge in [0.25, 0.3) is 0 Å². The van der Waals surface area contributed by atoms with Crippen molar-refractivity contribution in [3.8, 4) is 0 Å². The van der Waals surface area contributed by atoms with Gasteiger partial charge in [0.2, 0.25) is 15.0 Å². The monoisotopic (exact) mass is 511 g/mol. The fraction of sp³-hybridized carbons (Fsp3) is 0.407. The van der Waals surface area contributed by atoms with Gasteiger partial charge in [-0.3, -0.25) is 0 Å². The minimum Gasteiger partial charge on any atom is -0.336 e. The first-order valence-electron chi connectivity index (χ1n) is 12.1. The van der Waals surface area contributed by atoms with Crippen LogP contribution in [0.25, 0.3) is 0 Å². The van der Waals surface area contributed by atoms with Crippen LogP contribution in [0, 0.1) is 6.92 Å². The van der Waals surface area contributed by atoms with E-state index in [2.05, 4.69) is 10.3 Å². The molecule has 1 N–H and O–H groups in total. The largest absolute Gasteiger partial charge is 0.336 e. The van der Waals surface area contributed by atoms with Crippen LogP contribution in [0.3, 0.4) is 0 Å². The number of rotatable bonds is 11. The SMILES string of the molecule is Cc1ccccc1CS(=O)(=O)c1ncc(CN(CCN(C)C)C(=O)NC(C)C)n1Cc1ccccc1. The van der Waals surface area contributed by atoms with Gasteiger partial charge in [0.15, 0.2) is 0 Å². The molecule has 0 fully saturated rings. The van der Waals surface area contributed by atoms with Crippen LogP contribution in [-0.2, 0) is 28.7 Å². The maximum atomic E-state index is 13.6. The van der Waals surface area contributed by atoms with Crippen LogP contribution in [-0.4, -0.2) is 67.0 Å². The molecular weight excluding hydrogens is 474 g/mol. The standard InChI is InChI=1S/C27H37N5O3S/c1-21(2)29-26(33)31(16-15-30(4)5)19-25-17-28-27(32(25)18-23-12-7-6-8-13-23)36(34,35)20-24-14-10-9-11-22(24)3/h6-14,17,21H,15-16,18-20H2,1-5H3,(H,29,33). The zero-order valence-electron chi connectivity index (χ0n) is 21.8. The molecule has 9 heteroatoms. The van der Waals surface area contributed by atoms with E-state index in [-0.39, 0.29) is 29.5 Å². The molecule has 0 unspecified atom stereocenters. The number of nitrogens with zero attached hydrogens (tertiary/aromatic N) is 4. The maximum Gasteiger partial charge on any atom is 0.317 e. The van der Waals surface area contributed by atoms with Gasteiger partial charge in [-0.25, -0.2) is 18.2 Å². The molecule has 8 nitrogen and oxygen atoms in total. The highest BCUT2D eigenvalue weighted by molar-refractivity contribution is 7.90. The van der Waals surface area contributed by atoms with Crippen LogP contribution in [0.15, 0.2) is 66.0 Å². The normalized spacial score (nSPS) is 11.8. The number of aryl methyl sites for hydroxylation is 1. The molecule has 2 amide bonds. The molecule has 3 rings (SSSR count). The van der Waals surface area contributed by atoms with E-state index < -0.39 is 9.84 Å². The van der Waals surface area contributed by atoms with Crippen LogP contribution in [0.5, 0.6) is 0 Å². The van der Waals surface area contributed by atoms with Crippen LogP contribution >= 0.6 is 0 Å². The number of carbonyl (C=O) groups is 1. The van der Waals surface area contributed by atoms with Crippen molar-refractivity contribution in [1.82, 2.24) is 24.7 Å². The van der Waals surface area contributed by atoms with E-state index in [1.807, 2.05) is 94.4 Å². The van der Waals surface area contributed by atoms with Gasteiger partial charge in [0, 0.05) is 19.1 Å². The third-order valence-electron chi connectivity index (χ3n) is 5.84. The summed E-state index contributed by atoms with van der Waals surface area (Å²) in [5, 5.41) is 2.97. The van der Waals surface area contributed by atoms with E-state index in [0.29, 0.717) is 25.3 Å². The highest BCUT2D eigenvalue weighted by Gasteiger charge is 2.26. The molecule has 0 atom stereocenters. The van der Waals surface area contributed by atoms with Crippen molar-refractivity contribution < 1.29 is 13.2 Å². The molecule has 0 spiro atoms. The summed E-state index contributed by atoms with van der Waals surface area (Å²) in [6.07, 6.45) is 1.58. The number of amides is 2. The summed E-state index contributed by atoms with van der Waals surface area (Å²) in [7, 11) is 0.164. The smallest absolute Gasteiger partial charge is 0.317 e. The zero-order valence-corrected chi connectivity index (χ0v) is 22.6. The van der Waals surface area contributed by atoms with E-state index in [1.165, 1.54) is 0 Å². The molecule has 0 aliphatic carbocycles. The molecule has 0 aliphatic heterocycles. The van der Waals surface area contributed by atoms with Gasteiger partial charge >= 0.3 is 6.03 Å². The number of benzene rings is 2. The van der Waals surface area contributed by atoms with Crippen LogP contribution in [0.1, 0.15) is 36.2 Å². The number of carbonyl (C=O) groups excluding carboxylic acids is 1. The first-order valence-corrected chi connectivity index (χ1v) is 13.8. The number of urea groups is 1. The lowest BCUT2D eigenvalue weighted by Crippen LogP contribution is -2.45. The van der Waals surface area contributed by atoms with Crippen molar-refractivity contribution in [1.29, 1.82) is 0 Å². The lowest BCUT2D eigenvalue weighted by Gasteiger charge is -2.26. The summed E-state index contributed by atoms with van der Waals surface area (Å²) >= 11 is 0. The highest BCUT2D eigenvalue weighted by Crippen LogP contribution is 2.22. The Morgan fingerprint density at radius 1 is 1.03 bits per heavy atom. The fourth-order valence-corrected chi connectivity index (χ4v) is 5.44. The fourth-order valence-electron chi connectivity index (χ4n) is 3.85. The molecule has 1 aromatic heterocycles. The quantitative estimate of drug-likeness (QED) is 0.424. The molecular formula is C27H37N5O3S. The van der Waals surface area contributed by atoms with E-state index in [1.54, 1.807) is 15.7 Å². The topological polar surface area (TPSA) is 87.5 Å². The second-order valence-corrected chi connectivity index (χ2v) is 11.5. The summed E-state index contributed by atoms with van der Waals surface area (Å²) in [6.45, 7) is 7.49. The Kier molecular flexibility index (Phi) is 9.28. The van der Waals surface area contributed by atoms with Gasteiger partial charge < -0.3 is 19.7 Å². The van der Waals surface area contributed by atoms with Crippen LogP contribution in [0.4, 0.5) is 4.79 Å². The molecule has 0 saturated heterocycles. The maximum absolute atomic E-state index is 13.6. The zero-order chi connectivity index (χ0) is 26.3. The molecule has 36 heavy (non-hydrogen) atoms. The number of sulfone groups is 1. The molecule has 194 valence electrons. The average Bonchev–Trinajstić information content (AvgIpc) is 3.21. The van der Waals surface area contributed by atoms with Gasteiger partial charge in [0.1, 0.15) is 0 Å². The molecule has 0 aliphatic rings. The average molecular weight is 512 g/mol. The Morgan fingerprint density at radius 2 is 1.69 bits per heavy atom. The Bertz CT molecular complexity index is 1250. The molecule has 0 saturated carbocycles. The Morgan fingerprint density at radius 3 is 2.33 bits per heavy atom. The summed E-state index contributed by atoms with van der Waals surface area (Å²) in [6, 6.07) is 16.9. The van der Waals surface area contributed by atoms with Crippen molar-refractivity contribution in [2.24, 2.45) is 0 Å². The number of aromatic nitrogens is 2. The van der Waals surface area contributed by atoms with Gasteiger partial charge in [-0.05, 0) is 51.6 Å². The molecule has 0 bridgehead atoms. The number of hydrogen-bond donors (Lipinski definition) is 1. The predicted octanol–water partition coefficient (Wildman–Crippen LogP) is 3.70. The molecule has 0 radical (unpaired) electrons. The molecule has 1 heterocycles. The first-order chi connectivity index (χ1) is 17.1. The van der Waals surface area contributed by atoms with Crippen molar-refractivity contribution >= 4 is 15.9 Å². The van der Waals surface area contributed by atoms with E-state index in [9.17, 15) is 13.2 Å². The Hall–Kier alpha value is -3.17. The predicted molar refractivity (Wildman–Crippen MR) is 142 cm³/mol. The second-order valence-electron chi connectivity index (χ2n) is 9.62. The summed E-state index contributed by atoms with van der Waals surface area (Å²) in [5.74, 6) is -0.136. The van der Waals surface area contributed by atoms with Crippen molar-refractivity contribution in [2.75, 3.05) is 27.2 Å². The third kappa shape index (κ3) is 7.41. The number of imidazole rings is 1. The van der Waals surface area contributed by atoms with Crippen molar-refractivity contribution in [3.05, 3.63) is 83.2 Å². The third-order valence-corrected chi connectivity index (χ3v) is 7.41. The Labute approximate surface area is 214 Å². The van der Waals surface area contributed by atoms with E-state index in [0.717, 1.165) is 16.7 Å². The highest BCUT2D eigenvalue weighted by atomic mass is 32.2. The van der Waals surface area contributed by atoms with E-state index in [4.69, 9.17) is 0 Å². The summed E-state index contributed by atoms with van der Waals surface area (Å²) in [5.41, 5.74) is 3.29. The molecule has 3 aromatic rings. The molecule has 2 aromatic carbocycles. The number of nitrogens with one attached hydrogen (secondary N) is 1. The van der Waals surface area contributed by atoms with Crippen molar-refractivity contribution in [3.63, 3.8) is 0 Å². The van der Waals surface area contributed by atoms with Crippen LogP contribution < -0.4 is 5.32 Å². The summed E-state index contributed by atoms with van der Waals surface area (Å²) < 4.78 is 28.9. The second kappa shape index (κ2) is 12.2. The van der Waals surface area contributed by atoms with Gasteiger partial charge in [-0.15, -0.1) is 0 Å². The van der Waals surface area contributed by atoms with Crippen molar-refractivity contribution in [2.45, 2.75) is 50.8 Å². The minimum absolute atomic E-state index is 0.0152. The van der Waals surface area contributed by atoms with Gasteiger partial charge in [-0.2, -0.15) is 0 Å². The van der Waals surface area contributed by atoms with Gasteiger partial charge in [0.05, 0.1) is 30.7 Å². The van der Waals surface area contributed by atoms with E-state index >= 15 is 0 Å². The number of hydrogen-bond acceptors (Lipinski definition) is 5. The number of likely N-dealkylation sites (N-methyl/N-ethyl adjacent to an activating group) is 1. The Balaban J connectivity index is 2.00. The van der Waals surface area contributed by atoms with Crippen LogP contribution in [0.2, 0.25) is 0 Å². The minimum atomic E-state index is -3.74. The summed E-state index contributed by atoms with van der Waals surface area (Å²) in [4.78, 5) is 21.1. The lowest BCUT2D eigenvalue weighted by atomic mass is 10.1.